The first-order valence-electron chi connectivity index (χ1n) is 20.8. The largest absolute Gasteiger partial charge is 0.508 e. The Morgan fingerprint density at radius 2 is 0.897 bits per heavy atom. The standard InChI is InChI=1S/C48H44N10O8S2/c1-28-22-42(29(2)21-41(28)53-52-40-19-12-33-26-36(15-18-38(33)48(40)60)50-49-35-13-16-37(59)17-14-35)54-55-43-23-31(4)44(24-30(43)3)56-58-46-25-32(5)45(27-34(46)9-8-20-67(61,62)63)57-51-39-10-6-7-11-47(39)68(64,65)66/h6-7,10-19,21-27,59-60H,8-9,20H2,1-5H3,(H,61,62,63)(H,64,65,66)/b50-49+,53-52?,55-54?,57-51?,58-56?. The third-order valence-electron chi connectivity index (χ3n) is 10.6. The molecule has 0 spiro atoms. The average Bonchev–Trinajstić information content (AvgIpc) is 3.29. The lowest BCUT2D eigenvalue weighted by molar-refractivity contribution is 0.475. The molecular weight excluding hydrogens is 909 g/mol. The van der Waals surface area contributed by atoms with Crippen molar-refractivity contribution in [1.29, 1.82) is 0 Å². The Bertz CT molecular complexity index is 3470. The van der Waals surface area contributed by atoms with Crippen LogP contribution < -0.4 is 0 Å². The van der Waals surface area contributed by atoms with Gasteiger partial charge in [0, 0.05) is 5.39 Å². The zero-order valence-electron chi connectivity index (χ0n) is 37.3. The maximum Gasteiger partial charge on any atom is 0.296 e. The van der Waals surface area contributed by atoms with E-state index in [0.29, 0.717) is 62.0 Å². The third-order valence-corrected chi connectivity index (χ3v) is 12.3. The summed E-state index contributed by atoms with van der Waals surface area (Å²) >= 11 is 0. The van der Waals surface area contributed by atoms with Gasteiger partial charge in [0.1, 0.15) is 22.0 Å². The molecule has 7 aromatic carbocycles. The van der Waals surface area contributed by atoms with Crippen LogP contribution >= 0.6 is 0 Å². The van der Waals surface area contributed by atoms with E-state index in [0.717, 1.165) is 27.6 Å². The van der Waals surface area contributed by atoms with Crippen LogP contribution in [-0.4, -0.2) is 41.9 Å². The maximum atomic E-state index is 11.9. The van der Waals surface area contributed by atoms with Crippen LogP contribution in [-0.2, 0) is 26.7 Å². The second-order valence-corrected chi connectivity index (χ2v) is 18.8. The molecule has 0 bridgehead atoms. The molecule has 0 saturated heterocycles. The monoisotopic (exact) mass is 952 g/mol. The van der Waals surface area contributed by atoms with Gasteiger partial charge < -0.3 is 10.2 Å². The van der Waals surface area contributed by atoms with E-state index in [2.05, 4.69) is 51.1 Å². The van der Waals surface area contributed by atoms with Gasteiger partial charge in [-0.2, -0.15) is 57.7 Å². The molecule has 0 atom stereocenters. The predicted molar refractivity (Wildman–Crippen MR) is 259 cm³/mol. The molecule has 0 aliphatic carbocycles. The minimum absolute atomic E-state index is 0.0282. The Morgan fingerprint density at radius 3 is 1.44 bits per heavy atom. The number of hydrogen-bond acceptors (Lipinski definition) is 16. The number of nitrogens with zero attached hydrogens (tertiary/aromatic N) is 10. The SMILES string of the molecule is Cc1cc(N=Nc2cc(C)c(N=Nc3ccccc3S(=O)(=O)O)cc2CCCS(=O)(=O)O)c(C)cc1N=Nc1cc(C)c(N=Nc2ccc3cc(/N=N/c4ccc(O)cc4)ccc3c2O)cc1C. The quantitative estimate of drug-likeness (QED) is 0.0565. The van der Waals surface area contributed by atoms with Gasteiger partial charge in [0.25, 0.3) is 20.2 Å². The first-order valence-corrected chi connectivity index (χ1v) is 23.9. The predicted octanol–water partition coefficient (Wildman–Crippen LogP) is 14.9. The number of phenolic OH excluding ortho intramolecular Hbond substituents is 2. The van der Waals surface area contributed by atoms with Crippen molar-refractivity contribution in [2.75, 3.05) is 5.75 Å². The molecule has 0 unspecified atom stereocenters. The summed E-state index contributed by atoms with van der Waals surface area (Å²) in [6.45, 7) is 9.22. The van der Waals surface area contributed by atoms with Crippen LogP contribution in [0.2, 0.25) is 0 Å². The Labute approximate surface area is 391 Å². The van der Waals surface area contributed by atoms with Crippen LogP contribution in [0.3, 0.4) is 0 Å². The van der Waals surface area contributed by atoms with E-state index < -0.39 is 30.9 Å². The molecule has 0 aliphatic rings. The Kier molecular flexibility index (Phi) is 14.4. The number of aromatic hydroxyl groups is 2. The van der Waals surface area contributed by atoms with E-state index in [1.807, 2.05) is 58.0 Å². The van der Waals surface area contributed by atoms with Crippen molar-refractivity contribution in [2.45, 2.75) is 52.4 Å². The summed E-state index contributed by atoms with van der Waals surface area (Å²) in [7, 11) is -8.80. The molecule has 0 fully saturated rings. The van der Waals surface area contributed by atoms with E-state index in [4.69, 9.17) is 0 Å². The highest BCUT2D eigenvalue weighted by Gasteiger charge is 2.16. The van der Waals surface area contributed by atoms with Crippen LogP contribution in [0.1, 0.15) is 39.8 Å². The zero-order chi connectivity index (χ0) is 48.8. The fraction of sp³-hybridized carbons (Fsp3) is 0.167. The molecule has 0 radical (unpaired) electrons. The summed E-state index contributed by atoms with van der Waals surface area (Å²) in [6.07, 6.45) is 0.239. The lowest BCUT2D eigenvalue weighted by Crippen LogP contribution is -2.04. The topological polar surface area (TPSA) is 273 Å². The molecule has 20 heteroatoms. The smallest absolute Gasteiger partial charge is 0.296 e. The second-order valence-electron chi connectivity index (χ2n) is 15.8. The van der Waals surface area contributed by atoms with Crippen LogP contribution in [0.25, 0.3) is 10.8 Å². The Balaban J connectivity index is 1.07. The normalized spacial score (nSPS) is 12.6. The average molecular weight is 953 g/mol. The molecule has 4 N–H and O–H groups in total. The van der Waals surface area contributed by atoms with Gasteiger partial charge in [0.05, 0.1) is 51.3 Å². The molecule has 0 amide bonds. The highest BCUT2D eigenvalue weighted by Crippen LogP contribution is 2.40. The first-order chi connectivity index (χ1) is 32.3. The van der Waals surface area contributed by atoms with E-state index in [9.17, 15) is 36.2 Å². The number of benzene rings is 7. The van der Waals surface area contributed by atoms with Gasteiger partial charge in [-0.3, -0.25) is 9.11 Å². The van der Waals surface area contributed by atoms with Gasteiger partial charge in [0.2, 0.25) is 0 Å². The van der Waals surface area contributed by atoms with E-state index >= 15 is 0 Å². The van der Waals surface area contributed by atoms with Crippen LogP contribution in [0, 0.1) is 34.6 Å². The zero-order valence-corrected chi connectivity index (χ0v) is 38.9. The van der Waals surface area contributed by atoms with Crippen molar-refractivity contribution in [3.8, 4) is 11.5 Å². The molecule has 346 valence electrons. The molecule has 7 aromatic rings. The Morgan fingerprint density at radius 1 is 0.441 bits per heavy atom. The molecule has 0 heterocycles. The fourth-order valence-electron chi connectivity index (χ4n) is 6.83. The molecule has 0 aliphatic heterocycles. The van der Waals surface area contributed by atoms with Crippen molar-refractivity contribution in [3.05, 3.63) is 149 Å². The molecule has 0 saturated carbocycles. The molecule has 18 nitrogen and oxygen atoms in total. The molecular formula is C48H44N10O8S2. The lowest BCUT2D eigenvalue weighted by atomic mass is 10.0. The summed E-state index contributed by atoms with van der Waals surface area (Å²) in [5, 5.41) is 65.6. The number of azo groups is 5. The highest BCUT2D eigenvalue weighted by molar-refractivity contribution is 7.86. The van der Waals surface area contributed by atoms with Crippen molar-refractivity contribution in [3.63, 3.8) is 0 Å². The van der Waals surface area contributed by atoms with E-state index in [1.54, 1.807) is 61.5 Å². The second kappa shape index (κ2) is 20.4. The van der Waals surface area contributed by atoms with Crippen molar-refractivity contribution in [1.82, 2.24) is 0 Å². The number of phenols is 2. The summed E-state index contributed by atoms with van der Waals surface area (Å²) < 4.78 is 65.7. The molecule has 0 aromatic heterocycles. The summed E-state index contributed by atoms with van der Waals surface area (Å²) in [4.78, 5) is -0.412. The van der Waals surface area contributed by atoms with Crippen LogP contribution in [0.5, 0.6) is 11.5 Å². The van der Waals surface area contributed by atoms with Gasteiger partial charge in [-0.15, -0.1) is 10.2 Å². The maximum absolute atomic E-state index is 11.9. The number of aryl methyl sites for hydroxylation is 6. The summed E-state index contributed by atoms with van der Waals surface area (Å²) in [6, 6.07) is 31.4. The molecule has 68 heavy (non-hydrogen) atoms. The van der Waals surface area contributed by atoms with Gasteiger partial charge in [-0.05, 0) is 183 Å². The first kappa shape index (κ1) is 48.2. The number of hydrogen-bond donors (Lipinski definition) is 4. The van der Waals surface area contributed by atoms with Crippen molar-refractivity contribution < 1.29 is 36.2 Å². The van der Waals surface area contributed by atoms with Gasteiger partial charge >= 0.3 is 0 Å². The van der Waals surface area contributed by atoms with Crippen molar-refractivity contribution >= 4 is 87.9 Å². The van der Waals surface area contributed by atoms with Gasteiger partial charge in [-0.25, -0.2) is 0 Å². The van der Waals surface area contributed by atoms with Crippen LogP contribution in [0.4, 0.5) is 56.9 Å². The van der Waals surface area contributed by atoms with Gasteiger partial charge in [0.15, 0.2) is 5.75 Å². The van der Waals surface area contributed by atoms with Crippen molar-refractivity contribution in [2.24, 2.45) is 51.1 Å². The summed E-state index contributed by atoms with van der Waals surface area (Å²) in [5.41, 5.74) is 8.75. The van der Waals surface area contributed by atoms with Gasteiger partial charge in [-0.1, -0.05) is 18.2 Å². The van der Waals surface area contributed by atoms with E-state index in [1.165, 1.54) is 30.3 Å². The minimum Gasteiger partial charge on any atom is -0.508 e. The molecule has 7 rings (SSSR count). The minimum atomic E-state index is -4.57. The Hall–Kier alpha value is -7.78. The third kappa shape index (κ3) is 12.2. The van der Waals surface area contributed by atoms with Crippen LogP contribution in [0.15, 0.2) is 171 Å². The summed E-state index contributed by atoms with van der Waals surface area (Å²) in [5.74, 6) is -0.375. The number of rotatable bonds is 15. The highest BCUT2D eigenvalue weighted by atomic mass is 32.2. The lowest BCUT2D eigenvalue weighted by Gasteiger charge is -2.10. The number of fused-ring (bicyclic) bond motifs is 1. The van der Waals surface area contributed by atoms with E-state index in [-0.39, 0.29) is 35.7 Å². The fourth-order valence-corrected chi connectivity index (χ4v) is 7.96.